The monoisotopic (exact) mass is 310 g/mol. The lowest BCUT2D eigenvalue weighted by atomic mass is 10.1. The minimum Gasteiger partial charge on any atom is -0.343 e. The highest BCUT2D eigenvalue weighted by Gasteiger charge is 2.20. The summed E-state index contributed by atoms with van der Waals surface area (Å²) in [6.45, 7) is 4.20. The van der Waals surface area contributed by atoms with Gasteiger partial charge in [-0.05, 0) is 51.3 Å². The molecular formula is C17H27ClN2O. The largest absolute Gasteiger partial charge is 0.343 e. The Morgan fingerprint density at radius 1 is 1.24 bits per heavy atom. The van der Waals surface area contributed by atoms with Crippen molar-refractivity contribution in [3.8, 4) is 0 Å². The molecule has 0 saturated carbocycles. The number of hydrogen-bond acceptors (Lipinski definition) is 2. The van der Waals surface area contributed by atoms with Crippen LogP contribution in [0.4, 0.5) is 0 Å². The van der Waals surface area contributed by atoms with Gasteiger partial charge >= 0.3 is 0 Å². The van der Waals surface area contributed by atoms with Crippen molar-refractivity contribution >= 4 is 18.3 Å². The van der Waals surface area contributed by atoms with Gasteiger partial charge in [0, 0.05) is 19.5 Å². The van der Waals surface area contributed by atoms with E-state index in [0.29, 0.717) is 12.5 Å². The van der Waals surface area contributed by atoms with Gasteiger partial charge in [0.25, 0.3) is 0 Å². The third-order valence-corrected chi connectivity index (χ3v) is 4.23. The molecule has 21 heavy (non-hydrogen) atoms. The number of rotatable bonds is 4. The van der Waals surface area contributed by atoms with E-state index in [-0.39, 0.29) is 18.3 Å². The Labute approximate surface area is 134 Å². The Hall–Kier alpha value is -1.06. The van der Waals surface area contributed by atoms with Crippen molar-refractivity contribution in [3.05, 3.63) is 35.4 Å². The van der Waals surface area contributed by atoms with Crippen LogP contribution in [-0.2, 0) is 11.2 Å². The third kappa shape index (κ3) is 5.68. The first-order valence-corrected chi connectivity index (χ1v) is 7.69. The first-order chi connectivity index (χ1) is 9.66. The van der Waals surface area contributed by atoms with Crippen molar-refractivity contribution in [1.29, 1.82) is 0 Å². The fraction of sp³-hybridized carbons (Fsp3) is 0.588. The summed E-state index contributed by atoms with van der Waals surface area (Å²) >= 11 is 0. The van der Waals surface area contributed by atoms with Crippen LogP contribution in [0.3, 0.4) is 0 Å². The highest BCUT2D eigenvalue weighted by atomic mass is 35.5. The Bertz CT molecular complexity index is 425. The van der Waals surface area contributed by atoms with Crippen molar-refractivity contribution in [2.24, 2.45) is 0 Å². The Balaban J connectivity index is 0.00000220. The number of halogens is 1. The van der Waals surface area contributed by atoms with E-state index < -0.39 is 0 Å². The number of carbonyl (C=O) groups excluding carboxylic acids is 1. The van der Waals surface area contributed by atoms with E-state index >= 15 is 0 Å². The maximum absolute atomic E-state index is 12.3. The molecule has 0 radical (unpaired) electrons. The van der Waals surface area contributed by atoms with Gasteiger partial charge in [-0.15, -0.1) is 12.4 Å². The summed E-state index contributed by atoms with van der Waals surface area (Å²) in [6.07, 6.45) is 4.82. The summed E-state index contributed by atoms with van der Waals surface area (Å²) in [5, 5.41) is 3.40. The number of nitrogens with one attached hydrogen (secondary N) is 1. The third-order valence-electron chi connectivity index (χ3n) is 4.23. The molecule has 118 valence electrons. The van der Waals surface area contributed by atoms with Crippen LogP contribution in [0.1, 0.15) is 36.8 Å². The number of nitrogens with zero attached hydrogens (tertiary/aromatic N) is 1. The molecule has 1 saturated heterocycles. The molecule has 1 fully saturated rings. The van der Waals surface area contributed by atoms with Crippen LogP contribution in [0, 0.1) is 6.92 Å². The molecule has 0 bridgehead atoms. The number of amides is 1. The lowest BCUT2D eigenvalue weighted by molar-refractivity contribution is -0.132. The summed E-state index contributed by atoms with van der Waals surface area (Å²) in [5.74, 6) is 0.275. The van der Waals surface area contributed by atoms with E-state index in [2.05, 4.69) is 36.5 Å². The highest BCUT2D eigenvalue weighted by Crippen LogP contribution is 2.14. The predicted molar refractivity (Wildman–Crippen MR) is 90.0 cm³/mol. The topological polar surface area (TPSA) is 32.3 Å². The van der Waals surface area contributed by atoms with Crippen LogP contribution in [0.15, 0.2) is 24.3 Å². The molecule has 0 aromatic heterocycles. The van der Waals surface area contributed by atoms with E-state index in [1.165, 1.54) is 17.5 Å². The van der Waals surface area contributed by atoms with Crippen molar-refractivity contribution < 1.29 is 4.79 Å². The Kier molecular flexibility index (Phi) is 7.76. The van der Waals surface area contributed by atoms with Crippen LogP contribution in [0.5, 0.6) is 0 Å². The molecule has 0 aliphatic carbocycles. The van der Waals surface area contributed by atoms with Gasteiger partial charge in [-0.3, -0.25) is 4.79 Å². The van der Waals surface area contributed by atoms with Crippen LogP contribution < -0.4 is 5.32 Å². The van der Waals surface area contributed by atoms with E-state index in [9.17, 15) is 4.79 Å². The van der Waals surface area contributed by atoms with Crippen molar-refractivity contribution in [2.45, 2.75) is 45.1 Å². The SMILES string of the molecule is Cc1ccc(CCC(=O)N(C)C2CCCNCC2)cc1.Cl. The average Bonchev–Trinajstić information content (AvgIpc) is 2.74. The summed E-state index contributed by atoms with van der Waals surface area (Å²) in [6, 6.07) is 8.88. The first kappa shape index (κ1) is 18.0. The second-order valence-corrected chi connectivity index (χ2v) is 5.82. The number of benzene rings is 1. The molecule has 1 atom stereocenters. The van der Waals surface area contributed by atoms with Gasteiger partial charge in [-0.2, -0.15) is 0 Å². The van der Waals surface area contributed by atoms with E-state index in [4.69, 9.17) is 0 Å². The lowest BCUT2D eigenvalue weighted by Crippen LogP contribution is -2.37. The maximum Gasteiger partial charge on any atom is 0.222 e. The molecule has 1 heterocycles. The summed E-state index contributed by atoms with van der Waals surface area (Å²) in [4.78, 5) is 14.3. The summed E-state index contributed by atoms with van der Waals surface area (Å²) in [5.41, 5.74) is 2.52. The zero-order valence-corrected chi connectivity index (χ0v) is 13.9. The Morgan fingerprint density at radius 3 is 2.67 bits per heavy atom. The zero-order chi connectivity index (χ0) is 14.4. The highest BCUT2D eigenvalue weighted by molar-refractivity contribution is 5.85. The summed E-state index contributed by atoms with van der Waals surface area (Å²) in [7, 11) is 1.97. The average molecular weight is 311 g/mol. The quantitative estimate of drug-likeness (QED) is 0.927. The fourth-order valence-corrected chi connectivity index (χ4v) is 2.77. The standard InChI is InChI=1S/C17H26N2O.ClH/c1-14-5-7-15(8-6-14)9-10-17(20)19(2)16-4-3-12-18-13-11-16;/h5-8,16,18H,3-4,9-13H2,1-2H3;1H. The zero-order valence-electron chi connectivity index (χ0n) is 13.1. The van der Waals surface area contributed by atoms with Crippen LogP contribution in [0.25, 0.3) is 0 Å². The maximum atomic E-state index is 12.3. The molecule has 4 heteroatoms. The van der Waals surface area contributed by atoms with Crippen LogP contribution >= 0.6 is 12.4 Å². The molecular weight excluding hydrogens is 284 g/mol. The molecule has 1 unspecified atom stereocenters. The molecule has 1 aromatic carbocycles. The van der Waals surface area contributed by atoms with Crippen molar-refractivity contribution in [3.63, 3.8) is 0 Å². The second-order valence-electron chi connectivity index (χ2n) is 5.82. The molecule has 3 nitrogen and oxygen atoms in total. The molecule has 1 aliphatic rings. The van der Waals surface area contributed by atoms with Gasteiger partial charge in [-0.25, -0.2) is 0 Å². The van der Waals surface area contributed by atoms with Crippen molar-refractivity contribution in [2.75, 3.05) is 20.1 Å². The van der Waals surface area contributed by atoms with Gasteiger partial charge in [0.05, 0.1) is 0 Å². The predicted octanol–water partition coefficient (Wildman–Crippen LogP) is 2.95. The Morgan fingerprint density at radius 2 is 1.95 bits per heavy atom. The fourth-order valence-electron chi connectivity index (χ4n) is 2.77. The first-order valence-electron chi connectivity index (χ1n) is 7.69. The van der Waals surface area contributed by atoms with Crippen LogP contribution in [0.2, 0.25) is 0 Å². The van der Waals surface area contributed by atoms with Gasteiger partial charge in [-0.1, -0.05) is 29.8 Å². The molecule has 1 amide bonds. The number of carbonyl (C=O) groups is 1. The van der Waals surface area contributed by atoms with Gasteiger partial charge in [0.1, 0.15) is 0 Å². The van der Waals surface area contributed by atoms with Gasteiger partial charge < -0.3 is 10.2 Å². The molecule has 1 aliphatic heterocycles. The van der Waals surface area contributed by atoms with Crippen LogP contribution in [-0.4, -0.2) is 37.0 Å². The van der Waals surface area contributed by atoms with E-state index in [0.717, 1.165) is 32.4 Å². The van der Waals surface area contributed by atoms with Crippen molar-refractivity contribution in [1.82, 2.24) is 10.2 Å². The van der Waals surface area contributed by atoms with Gasteiger partial charge in [0.15, 0.2) is 0 Å². The minimum absolute atomic E-state index is 0. The van der Waals surface area contributed by atoms with Gasteiger partial charge in [0.2, 0.25) is 5.91 Å². The second kappa shape index (κ2) is 9.06. The molecule has 0 spiro atoms. The smallest absolute Gasteiger partial charge is 0.222 e. The number of hydrogen-bond donors (Lipinski definition) is 1. The normalized spacial score (nSPS) is 18.5. The van der Waals surface area contributed by atoms with E-state index in [1.54, 1.807) is 0 Å². The lowest BCUT2D eigenvalue weighted by Gasteiger charge is -2.27. The summed E-state index contributed by atoms with van der Waals surface area (Å²) < 4.78 is 0. The number of aryl methyl sites for hydroxylation is 2. The molecule has 1 N–H and O–H groups in total. The minimum atomic E-state index is 0. The molecule has 2 rings (SSSR count). The molecule has 1 aromatic rings. The van der Waals surface area contributed by atoms with E-state index in [1.807, 2.05) is 11.9 Å².